The minimum atomic E-state index is -0.923. The first-order valence-corrected chi connectivity index (χ1v) is 6.07. The summed E-state index contributed by atoms with van der Waals surface area (Å²) in [5.41, 5.74) is 1.33. The van der Waals surface area contributed by atoms with Crippen LogP contribution in [0, 0.1) is 5.92 Å². The fraction of sp³-hybridized carbons (Fsp3) is 0.583. The average Bonchev–Trinajstić information content (AvgIpc) is 2.78. The first-order chi connectivity index (χ1) is 8.49. The van der Waals surface area contributed by atoms with Gasteiger partial charge < -0.3 is 10.4 Å². The number of hydrogen-bond donors (Lipinski definition) is 2. The first kappa shape index (κ1) is 14.2. The van der Waals surface area contributed by atoms with Crippen LogP contribution in [0.15, 0.2) is 6.07 Å². The number of aromatic nitrogens is 2. The Hall–Kier alpha value is -1.85. The number of carboxylic acids is 1. The van der Waals surface area contributed by atoms with Gasteiger partial charge in [-0.2, -0.15) is 5.10 Å². The second kappa shape index (κ2) is 6.18. The van der Waals surface area contributed by atoms with Crippen molar-refractivity contribution in [2.45, 2.75) is 33.7 Å². The van der Waals surface area contributed by atoms with Crippen LogP contribution in [0.1, 0.15) is 37.0 Å². The Kier molecular flexibility index (Phi) is 4.88. The van der Waals surface area contributed by atoms with Crippen LogP contribution in [0.25, 0.3) is 0 Å². The van der Waals surface area contributed by atoms with Crippen molar-refractivity contribution in [3.8, 4) is 0 Å². The third-order valence-corrected chi connectivity index (χ3v) is 2.72. The van der Waals surface area contributed by atoms with Gasteiger partial charge in [-0.15, -0.1) is 0 Å². The van der Waals surface area contributed by atoms with Crippen molar-refractivity contribution >= 4 is 11.9 Å². The second-order valence-corrected chi connectivity index (χ2v) is 4.14. The molecule has 0 aromatic carbocycles. The van der Waals surface area contributed by atoms with Gasteiger partial charge in [-0.1, -0.05) is 13.8 Å². The fourth-order valence-electron chi connectivity index (χ4n) is 1.49. The van der Waals surface area contributed by atoms with Crippen LogP contribution < -0.4 is 5.32 Å². The van der Waals surface area contributed by atoms with E-state index >= 15 is 0 Å². The van der Waals surface area contributed by atoms with Crippen LogP contribution >= 0.6 is 0 Å². The van der Waals surface area contributed by atoms with Crippen molar-refractivity contribution in [1.29, 1.82) is 0 Å². The molecule has 18 heavy (non-hydrogen) atoms. The number of nitrogens with one attached hydrogen (secondary N) is 1. The van der Waals surface area contributed by atoms with Gasteiger partial charge in [-0.05, 0) is 19.4 Å². The maximum atomic E-state index is 11.9. The lowest BCUT2D eigenvalue weighted by atomic mass is 10.2. The normalized spacial score (nSPS) is 12.2. The van der Waals surface area contributed by atoms with Crippen molar-refractivity contribution in [1.82, 2.24) is 15.1 Å². The maximum absolute atomic E-state index is 11.9. The highest BCUT2D eigenvalue weighted by molar-refractivity contribution is 5.92. The van der Waals surface area contributed by atoms with E-state index in [9.17, 15) is 9.59 Å². The highest BCUT2D eigenvalue weighted by Gasteiger charge is 2.16. The molecule has 1 heterocycles. The molecule has 0 saturated heterocycles. The SMILES string of the molecule is CCc1cc(C(=O)NCC(C)C(=O)O)n(CC)n1. The zero-order chi connectivity index (χ0) is 13.7. The lowest BCUT2D eigenvalue weighted by molar-refractivity contribution is -0.140. The minimum Gasteiger partial charge on any atom is -0.481 e. The monoisotopic (exact) mass is 253 g/mol. The van der Waals surface area contributed by atoms with Gasteiger partial charge in [-0.3, -0.25) is 14.3 Å². The Morgan fingerprint density at radius 3 is 2.67 bits per heavy atom. The zero-order valence-electron chi connectivity index (χ0n) is 10.9. The molecule has 1 unspecified atom stereocenters. The van der Waals surface area contributed by atoms with E-state index in [4.69, 9.17) is 5.11 Å². The second-order valence-electron chi connectivity index (χ2n) is 4.14. The third-order valence-electron chi connectivity index (χ3n) is 2.72. The first-order valence-electron chi connectivity index (χ1n) is 6.07. The van der Waals surface area contributed by atoms with Crippen molar-refractivity contribution in [2.24, 2.45) is 5.92 Å². The number of amides is 1. The molecule has 0 bridgehead atoms. The Bertz CT molecular complexity index is 440. The van der Waals surface area contributed by atoms with E-state index in [2.05, 4.69) is 10.4 Å². The Balaban J connectivity index is 2.71. The molecular formula is C12H19N3O3. The van der Waals surface area contributed by atoms with E-state index in [1.165, 1.54) is 0 Å². The number of hydrogen-bond acceptors (Lipinski definition) is 3. The Morgan fingerprint density at radius 1 is 1.50 bits per heavy atom. The van der Waals surface area contributed by atoms with Crippen LogP contribution in [-0.2, 0) is 17.8 Å². The maximum Gasteiger partial charge on any atom is 0.308 e. The topological polar surface area (TPSA) is 84.2 Å². The summed E-state index contributed by atoms with van der Waals surface area (Å²) in [4.78, 5) is 22.6. The predicted molar refractivity (Wildman–Crippen MR) is 66.4 cm³/mol. The number of nitrogens with zero attached hydrogens (tertiary/aromatic N) is 2. The molecule has 0 saturated carbocycles. The standard InChI is InChI=1S/C12H19N3O3/c1-4-9-6-10(15(5-2)14-9)11(16)13-7-8(3)12(17)18/h6,8H,4-5,7H2,1-3H3,(H,13,16)(H,17,18). The molecule has 1 aromatic heterocycles. The number of aryl methyl sites for hydroxylation is 2. The van der Waals surface area contributed by atoms with E-state index in [-0.39, 0.29) is 12.5 Å². The van der Waals surface area contributed by atoms with E-state index < -0.39 is 11.9 Å². The summed E-state index contributed by atoms with van der Waals surface area (Å²) in [5.74, 6) is -1.80. The molecule has 100 valence electrons. The van der Waals surface area contributed by atoms with Crippen molar-refractivity contribution in [3.05, 3.63) is 17.5 Å². The molecular weight excluding hydrogens is 234 g/mol. The zero-order valence-corrected chi connectivity index (χ0v) is 10.9. The average molecular weight is 253 g/mol. The van der Waals surface area contributed by atoms with Crippen molar-refractivity contribution in [2.75, 3.05) is 6.54 Å². The van der Waals surface area contributed by atoms with Gasteiger partial charge in [-0.25, -0.2) is 0 Å². The molecule has 1 amide bonds. The van der Waals surface area contributed by atoms with Gasteiger partial charge in [0, 0.05) is 13.1 Å². The molecule has 0 spiro atoms. The summed E-state index contributed by atoms with van der Waals surface area (Å²) in [5, 5.41) is 15.6. The quantitative estimate of drug-likeness (QED) is 0.789. The van der Waals surface area contributed by atoms with Gasteiger partial charge in [0.05, 0.1) is 11.6 Å². The summed E-state index contributed by atoms with van der Waals surface area (Å²) in [6.45, 7) is 6.15. The molecule has 0 aliphatic carbocycles. The Morgan fingerprint density at radius 2 is 2.17 bits per heavy atom. The van der Waals surface area contributed by atoms with Gasteiger partial charge in [0.2, 0.25) is 0 Å². The molecule has 1 aromatic rings. The van der Waals surface area contributed by atoms with Gasteiger partial charge in [0.1, 0.15) is 5.69 Å². The van der Waals surface area contributed by atoms with Crippen molar-refractivity contribution in [3.63, 3.8) is 0 Å². The highest BCUT2D eigenvalue weighted by atomic mass is 16.4. The molecule has 1 atom stereocenters. The molecule has 0 aliphatic rings. The minimum absolute atomic E-state index is 0.116. The third kappa shape index (κ3) is 3.32. The van der Waals surface area contributed by atoms with Crippen molar-refractivity contribution < 1.29 is 14.7 Å². The number of carbonyl (C=O) groups is 2. The fourth-order valence-corrected chi connectivity index (χ4v) is 1.49. The molecule has 1 rings (SSSR count). The van der Waals surface area contributed by atoms with Crippen LogP contribution in [0.5, 0.6) is 0 Å². The van der Waals surface area contributed by atoms with E-state index in [0.717, 1.165) is 12.1 Å². The number of aliphatic carboxylic acids is 1. The van der Waals surface area contributed by atoms with Gasteiger partial charge >= 0.3 is 5.97 Å². The largest absolute Gasteiger partial charge is 0.481 e. The summed E-state index contributed by atoms with van der Waals surface area (Å²) < 4.78 is 1.62. The summed E-state index contributed by atoms with van der Waals surface area (Å²) in [6.07, 6.45) is 0.763. The van der Waals surface area contributed by atoms with Crippen LogP contribution in [0.2, 0.25) is 0 Å². The molecule has 0 radical (unpaired) electrons. The van der Waals surface area contributed by atoms with Crippen LogP contribution in [0.4, 0.5) is 0 Å². The Labute approximate surface area is 106 Å². The lowest BCUT2D eigenvalue weighted by Crippen LogP contribution is -2.32. The highest BCUT2D eigenvalue weighted by Crippen LogP contribution is 2.06. The van der Waals surface area contributed by atoms with E-state index in [1.54, 1.807) is 17.7 Å². The molecule has 2 N–H and O–H groups in total. The number of rotatable bonds is 6. The van der Waals surface area contributed by atoms with Crippen LogP contribution in [-0.4, -0.2) is 33.3 Å². The molecule has 6 heteroatoms. The summed E-state index contributed by atoms with van der Waals surface area (Å²) >= 11 is 0. The van der Waals surface area contributed by atoms with Crippen LogP contribution in [0.3, 0.4) is 0 Å². The summed E-state index contributed by atoms with van der Waals surface area (Å²) in [6, 6.07) is 1.74. The molecule has 0 fully saturated rings. The van der Waals surface area contributed by atoms with E-state index in [0.29, 0.717) is 12.2 Å². The van der Waals surface area contributed by atoms with E-state index in [1.807, 2.05) is 13.8 Å². The smallest absolute Gasteiger partial charge is 0.308 e. The predicted octanol–water partition coefficient (Wildman–Crippen LogP) is 0.916. The molecule has 6 nitrogen and oxygen atoms in total. The van der Waals surface area contributed by atoms with Gasteiger partial charge in [0.15, 0.2) is 0 Å². The summed E-state index contributed by atoms with van der Waals surface area (Å²) in [7, 11) is 0. The van der Waals surface area contributed by atoms with Gasteiger partial charge in [0.25, 0.3) is 5.91 Å². The lowest BCUT2D eigenvalue weighted by Gasteiger charge is -2.09. The molecule has 0 aliphatic heterocycles. The number of carbonyl (C=O) groups excluding carboxylic acids is 1. The number of carboxylic acid groups (broad SMARTS) is 1.